The summed E-state index contributed by atoms with van der Waals surface area (Å²) in [5, 5.41) is 2.56. The van der Waals surface area contributed by atoms with Crippen LogP contribution in [0.4, 0.5) is 0 Å². The zero-order valence-corrected chi connectivity index (χ0v) is 9.73. The van der Waals surface area contributed by atoms with Gasteiger partial charge < -0.3 is 0 Å². The van der Waals surface area contributed by atoms with Crippen molar-refractivity contribution < 1.29 is 4.79 Å². The summed E-state index contributed by atoms with van der Waals surface area (Å²) in [5.41, 5.74) is 1.64. The summed E-state index contributed by atoms with van der Waals surface area (Å²) in [6.45, 7) is 1.90. The van der Waals surface area contributed by atoms with E-state index in [9.17, 15) is 4.79 Å². The van der Waals surface area contributed by atoms with E-state index in [1.807, 2.05) is 30.5 Å². The zero-order chi connectivity index (χ0) is 10.8. The van der Waals surface area contributed by atoms with Crippen molar-refractivity contribution in [1.29, 1.82) is 0 Å². The van der Waals surface area contributed by atoms with Crippen molar-refractivity contribution in [1.82, 2.24) is 0 Å². The Balaban J connectivity index is 2.42. The number of carbonyl (C=O) groups is 1. The van der Waals surface area contributed by atoms with Gasteiger partial charge in [0.2, 0.25) is 5.78 Å². The van der Waals surface area contributed by atoms with Gasteiger partial charge in [-0.1, -0.05) is 17.7 Å². The largest absolute Gasteiger partial charge is 0.288 e. The molecule has 3 heteroatoms. The van der Waals surface area contributed by atoms with Gasteiger partial charge in [0, 0.05) is 10.6 Å². The maximum Gasteiger partial charge on any atom is 0.203 e. The third-order valence-corrected chi connectivity index (χ3v) is 3.28. The van der Waals surface area contributed by atoms with Gasteiger partial charge >= 0.3 is 0 Å². The minimum Gasteiger partial charge on any atom is -0.288 e. The van der Waals surface area contributed by atoms with Crippen LogP contribution in [0.5, 0.6) is 0 Å². The summed E-state index contributed by atoms with van der Waals surface area (Å²) in [4.78, 5) is 12.8. The number of carbonyl (C=O) groups excluding carboxylic acids is 1. The van der Waals surface area contributed by atoms with Crippen LogP contribution in [0.3, 0.4) is 0 Å². The molecular weight excluding hydrogens is 228 g/mol. The molecule has 2 rings (SSSR count). The summed E-state index contributed by atoms with van der Waals surface area (Å²) in [6, 6.07) is 9.04. The molecule has 1 nitrogen and oxygen atoms in total. The maximum absolute atomic E-state index is 12.0. The highest BCUT2D eigenvalue weighted by molar-refractivity contribution is 7.12. The van der Waals surface area contributed by atoms with Crippen LogP contribution in [0.25, 0.3) is 0 Å². The molecule has 0 N–H and O–H groups in total. The van der Waals surface area contributed by atoms with Gasteiger partial charge in [-0.3, -0.25) is 4.79 Å². The van der Waals surface area contributed by atoms with E-state index < -0.39 is 0 Å². The monoisotopic (exact) mass is 236 g/mol. The lowest BCUT2D eigenvalue weighted by Crippen LogP contribution is -2.00. The van der Waals surface area contributed by atoms with Crippen LogP contribution >= 0.6 is 22.9 Å². The number of aryl methyl sites for hydroxylation is 1. The van der Waals surface area contributed by atoms with Crippen molar-refractivity contribution in [2.75, 3.05) is 0 Å². The first-order chi connectivity index (χ1) is 7.18. The number of thiophene rings is 1. The molecule has 0 spiro atoms. The summed E-state index contributed by atoms with van der Waals surface area (Å²) < 4.78 is 0. The fourth-order valence-corrected chi connectivity index (χ4v) is 2.33. The lowest BCUT2D eigenvalue weighted by Gasteiger charge is -2.03. The van der Waals surface area contributed by atoms with Gasteiger partial charge in [-0.2, -0.15) is 0 Å². The fourth-order valence-electron chi connectivity index (χ4n) is 1.42. The molecule has 1 aromatic heterocycles. The highest BCUT2D eigenvalue weighted by atomic mass is 35.5. The van der Waals surface area contributed by atoms with Crippen molar-refractivity contribution in [3.8, 4) is 0 Å². The van der Waals surface area contributed by atoms with E-state index in [0.29, 0.717) is 5.02 Å². The Bertz CT molecular complexity index is 488. The Kier molecular flexibility index (Phi) is 2.89. The van der Waals surface area contributed by atoms with E-state index in [2.05, 4.69) is 0 Å². The molecule has 0 fully saturated rings. The standard InChI is InChI=1S/C12H9ClOS/c1-8-7-9(13)4-5-10(8)12(14)11-3-2-6-15-11/h2-7H,1H3. The second-order valence-corrected chi connectivity index (χ2v) is 4.65. The van der Waals surface area contributed by atoms with Gasteiger partial charge in [-0.25, -0.2) is 0 Å². The highest BCUT2D eigenvalue weighted by Crippen LogP contribution is 2.20. The molecular formula is C12H9ClOS. The number of halogens is 1. The van der Waals surface area contributed by atoms with Crippen LogP contribution in [-0.4, -0.2) is 5.78 Å². The molecule has 1 heterocycles. The smallest absolute Gasteiger partial charge is 0.203 e. The number of ketones is 1. The van der Waals surface area contributed by atoms with Gasteiger partial charge in [0.25, 0.3) is 0 Å². The molecule has 1 aromatic carbocycles. The Morgan fingerprint density at radius 2 is 2.13 bits per heavy atom. The Morgan fingerprint density at radius 3 is 2.73 bits per heavy atom. The maximum atomic E-state index is 12.0. The van der Waals surface area contributed by atoms with Gasteiger partial charge in [0.05, 0.1) is 4.88 Å². The van der Waals surface area contributed by atoms with Crippen molar-refractivity contribution in [2.24, 2.45) is 0 Å². The van der Waals surface area contributed by atoms with Gasteiger partial charge in [0.15, 0.2) is 0 Å². The lowest BCUT2D eigenvalue weighted by molar-refractivity contribution is 0.104. The fraction of sp³-hybridized carbons (Fsp3) is 0.0833. The molecule has 0 unspecified atom stereocenters. The molecule has 0 saturated carbocycles. The minimum absolute atomic E-state index is 0.0687. The van der Waals surface area contributed by atoms with E-state index in [1.165, 1.54) is 11.3 Å². The molecule has 0 atom stereocenters. The SMILES string of the molecule is Cc1cc(Cl)ccc1C(=O)c1cccs1. The van der Waals surface area contributed by atoms with Crippen LogP contribution in [0, 0.1) is 6.92 Å². The van der Waals surface area contributed by atoms with Crippen LogP contribution in [0.2, 0.25) is 5.02 Å². The first kappa shape index (κ1) is 10.4. The van der Waals surface area contributed by atoms with Crippen molar-refractivity contribution >= 4 is 28.7 Å². The first-order valence-electron chi connectivity index (χ1n) is 4.53. The van der Waals surface area contributed by atoms with Crippen LogP contribution in [0.15, 0.2) is 35.7 Å². The van der Waals surface area contributed by atoms with E-state index in [-0.39, 0.29) is 5.78 Å². The summed E-state index contributed by atoms with van der Waals surface area (Å²) in [6.07, 6.45) is 0. The van der Waals surface area contributed by atoms with Crippen molar-refractivity contribution in [3.63, 3.8) is 0 Å². The number of hydrogen-bond donors (Lipinski definition) is 0. The molecule has 0 saturated heterocycles. The van der Waals surface area contributed by atoms with Crippen LogP contribution in [-0.2, 0) is 0 Å². The third kappa shape index (κ3) is 2.11. The topological polar surface area (TPSA) is 17.1 Å². The molecule has 15 heavy (non-hydrogen) atoms. The number of hydrogen-bond acceptors (Lipinski definition) is 2. The Morgan fingerprint density at radius 1 is 1.33 bits per heavy atom. The lowest BCUT2D eigenvalue weighted by atomic mass is 10.0. The highest BCUT2D eigenvalue weighted by Gasteiger charge is 2.12. The van der Waals surface area contributed by atoms with Gasteiger partial charge in [-0.05, 0) is 42.1 Å². The molecule has 0 radical (unpaired) electrons. The summed E-state index contributed by atoms with van der Waals surface area (Å²) >= 11 is 7.29. The average molecular weight is 237 g/mol. The first-order valence-corrected chi connectivity index (χ1v) is 5.78. The van der Waals surface area contributed by atoms with E-state index in [1.54, 1.807) is 12.1 Å². The summed E-state index contributed by atoms with van der Waals surface area (Å²) in [7, 11) is 0. The van der Waals surface area contributed by atoms with E-state index in [4.69, 9.17) is 11.6 Å². The second kappa shape index (κ2) is 4.17. The minimum atomic E-state index is 0.0687. The predicted molar refractivity (Wildman–Crippen MR) is 63.9 cm³/mol. The number of rotatable bonds is 2. The molecule has 2 aromatic rings. The average Bonchev–Trinajstić information content (AvgIpc) is 2.69. The predicted octanol–water partition coefficient (Wildman–Crippen LogP) is 3.94. The van der Waals surface area contributed by atoms with E-state index >= 15 is 0 Å². The molecule has 76 valence electrons. The van der Waals surface area contributed by atoms with Gasteiger partial charge in [-0.15, -0.1) is 11.3 Å². The molecule has 0 aliphatic heterocycles. The van der Waals surface area contributed by atoms with Crippen LogP contribution < -0.4 is 0 Å². The third-order valence-electron chi connectivity index (χ3n) is 2.18. The van der Waals surface area contributed by atoms with Crippen molar-refractivity contribution in [3.05, 3.63) is 56.7 Å². The summed E-state index contributed by atoms with van der Waals surface area (Å²) in [5.74, 6) is 0.0687. The zero-order valence-electron chi connectivity index (χ0n) is 8.16. The molecule has 0 aliphatic carbocycles. The molecule has 0 bridgehead atoms. The second-order valence-electron chi connectivity index (χ2n) is 3.27. The van der Waals surface area contributed by atoms with Crippen molar-refractivity contribution in [2.45, 2.75) is 6.92 Å². The Labute approximate surface area is 97.3 Å². The quantitative estimate of drug-likeness (QED) is 0.722. The van der Waals surface area contributed by atoms with Gasteiger partial charge in [0.1, 0.15) is 0 Å². The number of benzene rings is 1. The normalized spacial score (nSPS) is 10.3. The molecule has 0 aliphatic rings. The van der Waals surface area contributed by atoms with E-state index in [0.717, 1.165) is 16.0 Å². The Hall–Kier alpha value is -1.12. The molecule has 0 amide bonds. The van der Waals surface area contributed by atoms with Crippen LogP contribution in [0.1, 0.15) is 20.8 Å².